The molecule has 0 unspecified atom stereocenters. The number of aromatic nitrogens is 2. The van der Waals surface area contributed by atoms with E-state index in [-0.39, 0.29) is 11.1 Å². The highest BCUT2D eigenvalue weighted by Gasteiger charge is 2.25. The van der Waals surface area contributed by atoms with Crippen molar-refractivity contribution in [1.82, 2.24) is 9.55 Å². The van der Waals surface area contributed by atoms with Gasteiger partial charge in [-0.25, -0.2) is 9.78 Å². The zero-order valence-corrected chi connectivity index (χ0v) is 15.5. The van der Waals surface area contributed by atoms with Crippen LogP contribution in [0.15, 0.2) is 36.4 Å². The lowest BCUT2D eigenvalue weighted by Crippen LogP contribution is -2.17. The standard InChI is InChI=1S/C19H20N4O4/c1-19(2,3)12-6-5-7-13(21-18(24)25)16(12)17-20-14-10-11(23(26)27)8-9-15(14)22(17)4/h5-10,21H,1-4H3,(H,24,25). The van der Waals surface area contributed by atoms with E-state index in [0.717, 1.165) is 11.1 Å². The monoisotopic (exact) mass is 368 g/mol. The van der Waals surface area contributed by atoms with E-state index in [0.29, 0.717) is 22.6 Å². The second-order valence-corrected chi connectivity index (χ2v) is 7.33. The second-order valence-electron chi connectivity index (χ2n) is 7.33. The van der Waals surface area contributed by atoms with E-state index < -0.39 is 11.0 Å². The molecule has 2 aromatic carbocycles. The molecule has 0 aliphatic rings. The zero-order chi connectivity index (χ0) is 19.9. The Bertz CT molecular complexity index is 1060. The first-order valence-corrected chi connectivity index (χ1v) is 8.34. The van der Waals surface area contributed by atoms with Gasteiger partial charge < -0.3 is 9.67 Å². The zero-order valence-electron chi connectivity index (χ0n) is 15.5. The molecule has 0 aliphatic heterocycles. The molecular formula is C19H20N4O4. The third-order valence-electron chi connectivity index (χ3n) is 4.41. The van der Waals surface area contributed by atoms with Gasteiger partial charge in [-0.2, -0.15) is 0 Å². The summed E-state index contributed by atoms with van der Waals surface area (Å²) in [6, 6.07) is 9.91. The van der Waals surface area contributed by atoms with E-state index in [9.17, 15) is 20.0 Å². The topological polar surface area (TPSA) is 110 Å². The van der Waals surface area contributed by atoms with Crippen LogP contribution in [-0.2, 0) is 12.5 Å². The Morgan fingerprint density at radius 2 is 1.96 bits per heavy atom. The van der Waals surface area contributed by atoms with Crippen LogP contribution in [0.5, 0.6) is 0 Å². The van der Waals surface area contributed by atoms with Crippen LogP contribution in [0.3, 0.4) is 0 Å². The minimum Gasteiger partial charge on any atom is -0.465 e. The van der Waals surface area contributed by atoms with Gasteiger partial charge in [-0.05, 0) is 23.1 Å². The van der Waals surface area contributed by atoms with Crippen molar-refractivity contribution in [2.24, 2.45) is 7.05 Å². The Morgan fingerprint density at radius 3 is 2.56 bits per heavy atom. The average molecular weight is 368 g/mol. The third kappa shape index (κ3) is 3.33. The molecule has 1 heterocycles. The van der Waals surface area contributed by atoms with Crippen molar-refractivity contribution in [3.63, 3.8) is 0 Å². The summed E-state index contributed by atoms with van der Waals surface area (Å²) in [6.45, 7) is 6.09. The van der Waals surface area contributed by atoms with Crippen LogP contribution in [0.25, 0.3) is 22.4 Å². The summed E-state index contributed by atoms with van der Waals surface area (Å²) in [5, 5.41) is 22.7. The van der Waals surface area contributed by atoms with Gasteiger partial charge in [0, 0.05) is 24.7 Å². The Morgan fingerprint density at radius 1 is 1.26 bits per heavy atom. The van der Waals surface area contributed by atoms with Gasteiger partial charge in [0.15, 0.2) is 0 Å². The number of imidazole rings is 1. The maximum atomic E-state index is 11.3. The quantitative estimate of drug-likeness (QED) is 0.521. The van der Waals surface area contributed by atoms with E-state index in [1.807, 2.05) is 31.4 Å². The summed E-state index contributed by atoms with van der Waals surface area (Å²) in [5.41, 5.74) is 2.89. The summed E-state index contributed by atoms with van der Waals surface area (Å²) in [5.74, 6) is 0.541. The molecule has 2 N–H and O–H groups in total. The minimum atomic E-state index is -1.17. The largest absolute Gasteiger partial charge is 0.465 e. The molecule has 8 nitrogen and oxygen atoms in total. The number of nitrogens with zero attached hydrogens (tertiary/aromatic N) is 3. The van der Waals surface area contributed by atoms with Gasteiger partial charge in [0.1, 0.15) is 5.82 Å². The number of hydrogen-bond acceptors (Lipinski definition) is 4. The van der Waals surface area contributed by atoms with Crippen molar-refractivity contribution in [2.75, 3.05) is 5.32 Å². The predicted octanol–water partition coefficient (Wildman–Crippen LogP) is 4.54. The number of fused-ring (bicyclic) bond motifs is 1. The smallest absolute Gasteiger partial charge is 0.409 e. The first-order chi connectivity index (χ1) is 12.6. The van der Waals surface area contributed by atoms with E-state index >= 15 is 0 Å². The Balaban J connectivity index is 2.33. The highest BCUT2D eigenvalue weighted by molar-refractivity contribution is 5.93. The van der Waals surface area contributed by atoms with Crippen LogP contribution in [0.1, 0.15) is 26.3 Å². The van der Waals surface area contributed by atoms with Gasteiger partial charge in [-0.15, -0.1) is 0 Å². The molecule has 1 amide bonds. The van der Waals surface area contributed by atoms with Crippen molar-refractivity contribution >= 4 is 28.5 Å². The number of carbonyl (C=O) groups is 1. The number of amides is 1. The Kier molecular flexibility index (Phi) is 4.35. The lowest BCUT2D eigenvalue weighted by Gasteiger charge is -2.24. The van der Waals surface area contributed by atoms with Crippen LogP contribution in [0.4, 0.5) is 16.2 Å². The molecule has 0 saturated carbocycles. The number of hydrogen-bond donors (Lipinski definition) is 2. The van der Waals surface area contributed by atoms with Crippen LogP contribution < -0.4 is 5.32 Å². The van der Waals surface area contributed by atoms with Crippen molar-refractivity contribution in [1.29, 1.82) is 0 Å². The molecule has 0 bridgehead atoms. The van der Waals surface area contributed by atoms with Crippen LogP contribution in [0, 0.1) is 10.1 Å². The van der Waals surface area contributed by atoms with Crippen LogP contribution >= 0.6 is 0 Å². The third-order valence-corrected chi connectivity index (χ3v) is 4.41. The second kappa shape index (κ2) is 6.39. The molecular weight excluding hydrogens is 348 g/mol. The molecule has 0 fully saturated rings. The first-order valence-electron chi connectivity index (χ1n) is 8.34. The lowest BCUT2D eigenvalue weighted by molar-refractivity contribution is -0.384. The van der Waals surface area contributed by atoms with E-state index in [4.69, 9.17) is 0 Å². The van der Waals surface area contributed by atoms with Crippen molar-refractivity contribution in [3.05, 3.63) is 52.1 Å². The SMILES string of the molecule is Cn1c(-c2c(NC(=O)O)cccc2C(C)(C)C)nc2cc([N+](=O)[O-])ccc21. The number of non-ortho nitro benzene ring substituents is 1. The van der Waals surface area contributed by atoms with Gasteiger partial charge >= 0.3 is 6.09 Å². The minimum absolute atomic E-state index is 0.0415. The first kappa shape index (κ1) is 18.4. The molecule has 0 saturated heterocycles. The van der Waals surface area contributed by atoms with Gasteiger partial charge in [0.25, 0.3) is 5.69 Å². The Hall–Kier alpha value is -3.42. The summed E-state index contributed by atoms with van der Waals surface area (Å²) >= 11 is 0. The molecule has 0 aliphatic carbocycles. The highest BCUT2D eigenvalue weighted by Crippen LogP contribution is 2.39. The maximum absolute atomic E-state index is 11.3. The summed E-state index contributed by atoms with van der Waals surface area (Å²) in [4.78, 5) is 26.5. The molecule has 3 rings (SSSR count). The van der Waals surface area contributed by atoms with Gasteiger partial charge in [-0.3, -0.25) is 15.4 Å². The fourth-order valence-electron chi connectivity index (χ4n) is 3.16. The molecule has 1 aromatic heterocycles. The van der Waals surface area contributed by atoms with Gasteiger partial charge in [0.05, 0.1) is 21.6 Å². The van der Waals surface area contributed by atoms with Gasteiger partial charge in [0.2, 0.25) is 0 Å². The lowest BCUT2D eigenvalue weighted by atomic mass is 9.83. The number of anilines is 1. The number of aryl methyl sites for hydroxylation is 1. The molecule has 0 atom stereocenters. The number of nitrogens with one attached hydrogen (secondary N) is 1. The highest BCUT2D eigenvalue weighted by atomic mass is 16.6. The van der Waals surface area contributed by atoms with E-state index in [2.05, 4.69) is 10.3 Å². The predicted molar refractivity (Wildman–Crippen MR) is 103 cm³/mol. The number of benzene rings is 2. The number of nitro benzene ring substituents is 1. The van der Waals surface area contributed by atoms with Crippen LogP contribution in [-0.4, -0.2) is 25.7 Å². The normalized spacial score (nSPS) is 11.6. The summed E-state index contributed by atoms with van der Waals surface area (Å²) in [7, 11) is 1.81. The summed E-state index contributed by atoms with van der Waals surface area (Å²) < 4.78 is 1.82. The molecule has 3 aromatic rings. The van der Waals surface area contributed by atoms with Crippen molar-refractivity contribution in [3.8, 4) is 11.4 Å². The van der Waals surface area contributed by atoms with Crippen LogP contribution in [0.2, 0.25) is 0 Å². The summed E-state index contributed by atoms with van der Waals surface area (Å²) in [6.07, 6.45) is -1.17. The van der Waals surface area contributed by atoms with Crippen molar-refractivity contribution in [2.45, 2.75) is 26.2 Å². The maximum Gasteiger partial charge on any atom is 0.409 e. The Labute approximate surface area is 155 Å². The fraction of sp³-hybridized carbons (Fsp3) is 0.263. The molecule has 8 heteroatoms. The molecule has 0 radical (unpaired) electrons. The van der Waals surface area contributed by atoms with E-state index in [1.54, 1.807) is 25.2 Å². The number of carboxylic acid groups (broad SMARTS) is 1. The average Bonchev–Trinajstić information content (AvgIpc) is 2.89. The van der Waals surface area contributed by atoms with E-state index in [1.165, 1.54) is 12.1 Å². The molecule has 27 heavy (non-hydrogen) atoms. The fourth-order valence-corrected chi connectivity index (χ4v) is 3.16. The molecule has 0 spiro atoms. The number of nitro groups is 1. The van der Waals surface area contributed by atoms with Gasteiger partial charge in [-0.1, -0.05) is 32.9 Å². The number of rotatable bonds is 3. The molecule has 140 valence electrons. The van der Waals surface area contributed by atoms with Crippen molar-refractivity contribution < 1.29 is 14.8 Å².